The molecule has 0 aliphatic rings. The first kappa shape index (κ1) is 9.87. The van der Waals surface area contributed by atoms with E-state index in [2.05, 4.69) is 4.98 Å². The molecule has 0 radical (unpaired) electrons. The number of pyridine rings is 1. The van der Waals surface area contributed by atoms with Crippen LogP contribution in [-0.4, -0.2) is 4.98 Å². The third kappa shape index (κ3) is 1.93. The van der Waals surface area contributed by atoms with Crippen molar-refractivity contribution in [3.05, 3.63) is 28.0 Å². The summed E-state index contributed by atoms with van der Waals surface area (Å²) in [4.78, 5) is 3.50. The molecule has 1 aromatic rings. The fourth-order valence-electron chi connectivity index (χ4n) is 0.963. The number of halogens is 3. The summed E-state index contributed by atoms with van der Waals surface area (Å²) in [6.07, 6.45) is -2.66. The van der Waals surface area contributed by atoms with Crippen molar-refractivity contribution in [1.29, 1.82) is 5.26 Å². The van der Waals surface area contributed by atoms with E-state index in [0.717, 1.165) is 0 Å². The topological polar surface area (TPSA) is 36.7 Å². The molecule has 1 aromatic heterocycles. The van der Waals surface area contributed by atoms with Crippen molar-refractivity contribution in [2.75, 3.05) is 0 Å². The Morgan fingerprint density at radius 2 is 2.23 bits per heavy atom. The Balaban J connectivity index is 3.33. The minimum absolute atomic E-state index is 0.0481. The van der Waals surface area contributed by atoms with Crippen molar-refractivity contribution >= 4 is 11.6 Å². The molecule has 0 amide bonds. The van der Waals surface area contributed by atoms with Crippen LogP contribution in [0.4, 0.5) is 8.78 Å². The van der Waals surface area contributed by atoms with Crippen LogP contribution in [0.5, 0.6) is 0 Å². The zero-order chi connectivity index (χ0) is 10.0. The molecule has 0 aliphatic carbocycles. The molecule has 0 N–H and O–H groups in total. The zero-order valence-electron chi connectivity index (χ0n) is 6.68. The highest BCUT2D eigenvalue weighted by atomic mass is 35.5. The second-order valence-electron chi connectivity index (χ2n) is 2.44. The summed E-state index contributed by atoms with van der Waals surface area (Å²) in [6, 6.07) is 3.02. The number of hydrogen-bond acceptors (Lipinski definition) is 2. The van der Waals surface area contributed by atoms with Crippen LogP contribution in [0.1, 0.15) is 23.2 Å². The number of alkyl halides is 2. The lowest BCUT2D eigenvalue weighted by Gasteiger charge is -2.05. The number of nitriles is 1. The molecule has 0 aliphatic heterocycles. The Kier molecular flexibility index (Phi) is 2.79. The normalized spacial score (nSPS) is 10.2. The minimum atomic E-state index is -2.66. The summed E-state index contributed by atoms with van der Waals surface area (Å²) in [6.45, 7) is 1.47. The molecule has 0 saturated heterocycles. The molecular weight excluding hydrogens is 198 g/mol. The van der Waals surface area contributed by atoms with Crippen molar-refractivity contribution in [3.8, 4) is 6.07 Å². The van der Waals surface area contributed by atoms with Crippen LogP contribution in [0.25, 0.3) is 0 Å². The van der Waals surface area contributed by atoms with E-state index in [1.807, 2.05) is 0 Å². The van der Waals surface area contributed by atoms with Crippen LogP contribution >= 0.6 is 11.6 Å². The van der Waals surface area contributed by atoms with Gasteiger partial charge in [0.25, 0.3) is 6.43 Å². The Hall–Kier alpha value is -1.21. The first-order valence-corrected chi connectivity index (χ1v) is 3.79. The standard InChI is InChI=1S/C8H5ClF2N2/c1-4-2-5(3-12)13-7(9)6(4)8(10)11/h2,8H,1H3. The van der Waals surface area contributed by atoms with E-state index in [0.29, 0.717) is 0 Å². The molecule has 0 saturated carbocycles. The summed E-state index contributed by atoms with van der Waals surface area (Å²) >= 11 is 5.47. The van der Waals surface area contributed by atoms with Gasteiger partial charge in [0.1, 0.15) is 16.9 Å². The summed E-state index contributed by atoms with van der Waals surface area (Å²) < 4.78 is 24.6. The van der Waals surface area contributed by atoms with Crippen molar-refractivity contribution in [3.63, 3.8) is 0 Å². The first-order chi connectivity index (χ1) is 6.06. The van der Waals surface area contributed by atoms with Gasteiger partial charge in [-0.15, -0.1) is 0 Å². The predicted molar refractivity (Wildman–Crippen MR) is 43.7 cm³/mol. The van der Waals surface area contributed by atoms with Crippen molar-refractivity contribution in [1.82, 2.24) is 4.98 Å². The number of nitrogens with zero attached hydrogens (tertiary/aromatic N) is 2. The van der Waals surface area contributed by atoms with Crippen molar-refractivity contribution < 1.29 is 8.78 Å². The van der Waals surface area contributed by atoms with E-state index in [1.165, 1.54) is 13.0 Å². The van der Waals surface area contributed by atoms with Crippen LogP contribution in [-0.2, 0) is 0 Å². The quantitative estimate of drug-likeness (QED) is 0.657. The number of rotatable bonds is 1. The summed E-state index contributed by atoms with van der Waals surface area (Å²) in [7, 11) is 0. The molecule has 0 bridgehead atoms. The predicted octanol–water partition coefficient (Wildman–Crippen LogP) is 2.85. The molecule has 0 atom stereocenters. The lowest BCUT2D eigenvalue weighted by molar-refractivity contribution is 0.150. The van der Waals surface area contributed by atoms with Gasteiger partial charge in [-0.1, -0.05) is 11.6 Å². The molecule has 0 aromatic carbocycles. The van der Waals surface area contributed by atoms with Gasteiger partial charge in [-0.05, 0) is 18.6 Å². The van der Waals surface area contributed by atoms with Crippen LogP contribution in [0.2, 0.25) is 5.15 Å². The van der Waals surface area contributed by atoms with Crippen LogP contribution in [0.15, 0.2) is 6.07 Å². The molecule has 0 unspecified atom stereocenters. The van der Waals surface area contributed by atoms with E-state index in [4.69, 9.17) is 16.9 Å². The van der Waals surface area contributed by atoms with Gasteiger partial charge in [-0.2, -0.15) is 5.26 Å². The second kappa shape index (κ2) is 3.67. The van der Waals surface area contributed by atoms with E-state index in [9.17, 15) is 8.78 Å². The van der Waals surface area contributed by atoms with Gasteiger partial charge >= 0.3 is 0 Å². The van der Waals surface area contributed by atoms with Crippen LogP contribution < -0.4 is 0 Å². The molecule has 5 heteroatoms. The molecule has 1 rings (SSSR count). The van der Waals surface area contributed by atoms with Gasteiger partial charge in [-0.3, -0.25) is 0 Å². The Bertz CT molecular complexity index is 348. The van der Waals surface area contributed by atoms with Crippen LogP contribution in [0.3, 0.4) is 0 Å². The SMILES string of the molecule is Cc1cc(C#N)nc(Cl)c1C(F)F. The van der Waals surface area contributed by atoms with Gasteiger partial charge in [0.15, 0.2) is 0 Å². The van der Waals surface area contributed by atoms with Gasteiger partial charge in [-0.25, -0.2) is 13.8 Å². The molecule has 0 spiro atoms. The van der Waals surface area contributed by atoms with E-state index in [-0.39, 0.29) is 22.0 Å². The first-order valence-electron chi connectivity index (χ1n) is 3.41. The third-order valence-corrected chi connectivity index (χ3v) is 1.84. The second-order valence-corrected chi connectivity index (χ2v) is 2.80. The highest BCUT2D eigenvalue weighted by molar-refractivity contribution is 6.30. The maximum atomic E-state index is 12.3. The smallest absolute Gasteiger partial charge is 0.225 e. The average Bonchev–Trinajstić information content (AvgIpc) is 2.02. The molecule has 13 heavy (non-hydrogen) atoms. The van der Waals surface area contributed by atoms with E-state index in [1.54, 1.807) is 6.07 Å². The Morgan fingerprint density at radius 3 is 2.62 bits per heavy atom. The molecule has 68 valence electrons. The average molecular weight is 203 g/mol. The lowest BCUT2D eigenvalue weighted by Crippen LogP contribution is -1.96. The number of aryl methyl sites for hydroxylation is 1. The Morgan fingerprint density at radius 1 is 1.62 bits per heavy atom. The van der Waals surface area contributed by atoms with E-state index < -0.39 is 6.43 Å². The largest absolute Gasteiger partial charge is 0.267 e. The fraction of sp³-hybridized carbons (Fsp3) is 0.250. The summed E-state index contributed by atoms with van der Waals surface area (Å²) in [5.41, 5.74) is 0.0270. The maximum absolute atomic E-state index is 12.3. The molecule has 0 fully saturated rings. The van der Waals surface area contributed by atoms with Crippen molar-refractivity contribution in [2.24, 2.45) is 0 Å². The Labute approximate surface area is 78.8 Å². The van der Waals surface area contributed by atoms with Crippen LogP contribution in [0, 0.1) is 18.3 Å². The van der Waals surface area contributed by atoms with Gasteiger partial charge in [0.05, 0.1) is 5.56 Å². The number of aromatic nitrogens is 1. The summed E-state index contributed by atoms with van der Waals surface area (Å²) in [5.74, 6) is 0. The molecule has 2 nitrogen and oxygen atoms in total. The van der Waals surface area contributed by atoms with Gasteiger partial charge in [0.2, 0.25) is 0 Å². The molecule has 1 heterocycles. The fourth-order valence-corrected chi connectivity index (χ4v) is 1.29. The maximum Gasteiger partial charge on any atom is 0.267 e. The minimum Gasteiger partial charge on any atom is -0.225 e. The monoisotopic (exact) mass is 202 g/mol. The summed E-state index contributed by atoms with van der Waals surface area (Å²) in [5, 5.41) is 8.16. The number of hydrogen-bond donors (Lipinski definition) is 0. The van der Waals surface area contributed by atoms with Gasteiger partial charge < -0.3 is 0 Å². The van der Waals surface area contributed by atoms with Crippen molar-refractivity contribution in [2.45, 2.75) is 13.3 Å². The third-order valence-electron chi connectivity index (χ3n) is 1.55. The zero-order valence-corrected chi connectivity index (χ0v) is 7.44. The van der Waals surface area contributed by atoms with Gasteiger partial charge in [0, 0.05) is 0 Å². The molecular formula is C8H5ClF2N2. The highest BCUT2D eigenvalue weighted by Crippen LogP contribution is 2.28. The van der Waals surface area contributed by atoms with E-state index >= 15 is 0 Å². The highest BCUT2D eigenvalue weighted by Gasteiger charge is 2.16. The lowest BCUT2D eigenvalue weighted by atomic mass is 10.1.